The summed E-state index contributed by atoms with van der Waals surface area (Å²) in [5.74, 6) is -0.0686. The fraction of sp³-hybridized carbons (Fsp3) is 0.0435. The van der Waals surface area contributed by atoms with Gasteiger partial charge in [-0.3, -0.25) is 9.78 Å². The van der Waals surface area contributed by atoms with Crippen LogP contribution in [0.2, 0.25) is 0 Å². The van der Waals surface area contributed by atoms with Gasteiger partial charge < -0.3 is 5.32 Å². The van der Waals surface area contributed by atoms with E-state index in [1.165, 1.54) is 12.1 Å². The number of carbonyl (C=O) groups excluding carboxylic acids is 1. The molecule has 1 aromatic heterocycles. The molecule has 1 N–H and O–H groups in total. The number of aromatic nitrogens is 1. The van der Waals surface area contributed by atoms with E-state index in [1.807, 2.05) is 36.4 Å². The minimum atomic E-state index is -0.275. The van der Waals surface area contributed by atoms with Crippen molar-refractivity contribution in [1.82, 2.24) is 4.98 Å². The zero-order valence-electron chi connectivity index (χ0n) is 14.8. The van der Waals surface area contributed by atoms with Crippen molar-refractivity contribution in [2.75, 3.05) is 5.32 Å². The summed E-state index contributed by atoms with van der Waals surface area (Å²) in [6.45, 7) is 0. The SMILES string of the molecule is O=C(Nc1ccc2cc(CCl)cnc2c1)c1ccc(-c2ccc(F)cc2)cc1. The number of rotatable bonds is 4. The summed E-state index contributed by atoms with van der Waals surface area (Å²) in [6, 6.07) is 21.0. The smallest absolute Gasteiger partial charge is 0.255 e. The second-order valence-corrected chi connectivity index (χ2v) is 6.69. The Bertz CT molecular complexity index is 1140. The highest BCUT2D eigenvalue weighted by atomic mass is 35.5. The number of hydrogen-bond acceptors (Lipinski definition) is 2. The largest absolute Gasteiger partial charge is 0.322 e. The molecule has 1 heterocycles. The van der Waals surface area contributed by atoms with Crippen LogP contribution in [0.3, 0.4) is 0 Å². The first-order chi connectivity index (χ1) is 13.6. The summed E-state index contributed by atoms with van der Waals surface area (Å²) >= 11 is 5.84. The molecule has 0 atom stereocenters. The molecule has 4 aromatic rings. The van der Waals surface area contributed by atoms with Crippen LogP contribution in [0.25, 0.3) is 22.0 Å². The van der Waals surface area contributed by atoms with E-state index in [9.17, 15) is 9.18 Å². The lowest BCUT2D eigenvalue weighted by molar-refractivity contribution is 0.102. The van der Waals surface area contributed by atoms with Gasteiger partial charge in [0.05, 0.1) is 5.52 Å². The van der Waals surface area contributed by atoms with Gasteiger partial charge in [0.25, 0.3) is 5.91 Å². The molecule has 4 rings (SSSR count). The molecule has 0 aliphatic heterocycles. The normalized spacial score (nSPS) is 10.8. The monoisotopic (exact) mass is 390 g/mol. The number of fused-ring (bicyclic) bond motifs is 1. The van der Waals surface area contributed by atoms with Gasteiger partial charge in [0.2, 0.25) is 0 Å². The molecule has 0 unspecified atom stereocenters. The number of pyridine rings is 1. The highest BCUT2D eigenvalue weighted by Gasteiger charge is 2.08. The summed E-state index contributed by atoms with van der Waals surface area (Å²) in [5, 5.41) is 3.86. The highest BCUT2D eigenvalue weighted by molar-refractivity contribution is 6.17. The van der Waals surface area contributed by atoms with Gasteiger partial charge in [-0.05, 0) is 59.2 Å². The van der Waals surface area contributed by atoms with Gasteiger partial charge in [0.1, 0.15) is 5.82 Å². The number of benzene rings is 3. The lowest BCUT2D eigenvalue weighted by Crippen LogP contribution is -2.11. The number of carbonyl (C=O) groups is 1. The maximum atomic E-state index is 13.1. The average Bonchev–Trinajstić information content (AvgIpc) is 2.74. The van der Waals surface area contributed by atoms with E-state index in [-0.39, 0.29) is 11.7 Å². The number of anilines is 1. The van der Waals surface area contributed by atoms with Crippen LogP contribution in [-0.2, 0) is 5.88 Å². The Morgan fingerprint density at radius 2 is 1.61 bits per heavy atom. The van der Waals surface area contributed by atoms with E-state index in [4.69, 9.17) is 11.6 Å². The van der Waals surface area contributed by atoms with Crippen molar-refractivity contribution in [2.24, 2.45) is 0 Å². The van der Waals surface area contributed by atoms with Crippen molar-refractivity contribution in [1.29, 1.82) is 0 Å². The summed E-state index contributed by atoms with van der Waals surface area (Å²) in [7, 11) is 0. The molecule has 0 aliphatic rings. The lowest BCUT2D eigenvalue weighted by Gasteiger charge is -2.08. The fourth-order valence-corrected chi connectivity index (χ4v) is 3.12. The van der Waals surface area contributed by atoms with Gasteiger partial charge in [0.15, 0.2) is 0 Å². The van der Waals surface area contributed by atoms with Crippen molar-refractivity contribution in [3.63, 3.8) is 0 Å². The van der Waals surface area contributed by atoms with Gasteiger partial charge in [-0.25, -0.2) is 4.39 Å². The van der Waals surface area contributed by atoms with Crippen molar-refractivity contribution in [3.05, 3.63) is 95.9 Å². The Morgan fingerprint density at radius 1 is 0.929 bits per heavy atom. The summed E-state index contributed by atoms with van der Waals surface area (Å²) in [5.41, 5.74) is 4.76. The molecule has 0 spiro atoms. The topological polar surface area (TPSA) is 42.0 Å². The number of hydrogen-bond donors (Lipinski definition) is 1. The zero-order valence-corrected chi connectivity index (χ0v) is 15.6. The molecule has 138 valence electrons. The van der Waals surface area contributed by atoms with E-state index in [2.05, 4.69) is 10.3 Å². The predicted molar refractivity (Wildman–Crippen MR) is 111 cm³/mol. The third-order valence-corrected chi connectivity index (χ3v) is 4.79. The number of nitrogens with one attached hydrogen (secondary N) is 1. The van der Waals surface area contributed by atoms with E-state index >= 15 is 0 Å². The molecule has 0 fully saturated rings. The Morgan fingerprint density at radius 3 is 2.29 bits per heavy atom. The zero-order chi connectivity index (χ0) is 19.5. The number of nitrogens with zero attached hydrogens (tertiary/aromatic N) is 1. The second-order valence-electron chi connectivity index (χ2n) is 6.42. The molecule has 0 saturated carbocycles. The van der Waals surface area contributed by atoms with Gasteiger partial charge in [0, 0.05) is 28.7 Å². The van der Waals surface area contributed by atoms with Crippen LogP contribution in [-0.4, -0.2) is 10.9 Å². The van der Waals surface area contributed by atoms with Crippen molar-refractivity contribution in [2.45, 2.75) is 5.88 Å². The molecule has 0 saturated heterocycles. The molecular weight excluding hydrogens is 375 g/mol. The van der Waals surface area contributed by atoms with Crippen LogP contribution < -0.4 is 5.32 Å². The van der Waals surface area contributed by atoms with Gasteiger partial charge >= 0.3 is 0 Å². The van der Waals surface area contributed by atoms with Crippen LogP contribution in [0.15, 0.2) is 79.0 Å². The lowest BCUT2D eigenvalue weighted by atomic mass is 10.0. The Balaban J connectivity index is 1.51. The molecule has 0 radical (unpaired) electrons. The summed E-state index contributed by atoms with van der Waals surface area (Å²) < 4.78 is 13.1. The summed E-state index contributed by atoms with van der Waals surface area (Å²) in [4.78, 5) is 16.9. The van der Waals surface area contributed by atoms with E-state index < -0.39 is 0 Å². The Kier molecular flexibility index (Phi) is 5.04. The molecule has 28 heavy (non-hydrogen) atoms. The minimum absolute atomic E-state index is 0.206. The molecular formula is C23H16ClFN2O. The predicted octanol–water partition coefficient (Wildman–Crippen LogP) is 6.03. The average molecular weight is 391 g/mol. The van der Waals surface area contributed by atoms with Crippen LogP contribution in [0.1, 0.15) is 15.9 Å². The van der Waals surface area contributed by atoms with E-state index in [0.29, 0.717) is 17.1 Å². The first-order valence-electron chi connectivity index (χ1n) is 8.74. The van der Waals surface area contributed by atoms with Gasteiger partial charge in [-0.2, -0.15) is 0 Å². The summed E-state index contributed by atoms with van der Waals surface area (Å²) in [6.07, 6.45) is 1.73. The molecule has 3 aromatic carbocycles. The van der Waals surface area contributed by atoms with E-state index in [0.717, 1.165) is 27.6 Å². The molecule has 0 aliphatic carbocycles. The first kappa shape index (κ1) is 18.1. The minimum Gasteiger partial charge on any atom is -0.322 e. The number of amides is 1. The highest BCUT2D eigenvalue weighted by Crippen LogP contribution is 2.22. The quantitative estimate of drug-likeness (QED) is 0.432. The molecule has 5 heteroatoms. The second kappa shape index (κ2) is 7.79. The van der Waals surface area contributed by atoms with Crippen molar-refractivity contribution < 1.29 is 9.18 Å². The maximum absolute atomic E-state index is 13.1. The van der Waals surface area contributed by atoms with Gasteiger partial charge in [-0.1, -0.05) is 30.3 Å². The van der Waals surface area contributed by atoms with Crippen LogP contribution in [0, 0.1) is 5.82 Å². The van der Waals surface area contributed by atoms with Crippen LogP contribution in [0.4, 0.5) is 10.1 Å². The standard InChI is InChI=1S/C23H16ClFN2O/c24-13-15-11-19-7-10-21(12-22(19)26-14-15)27-23(28)18-3-1-16(2-4-18)17-5-8-20(25)9-6-17/h1-12,14H,13H2,(H,27,28). The van der Waals surface area contributed by atoms with Crippen LogP contribution in [0.5, 0.6) is 0 Å². The maximum Gasteiger partial charge on any atom is 0.255 e. The molecule has 3 nitrogen and oxygen atoms in total. The fourth-order valence-electron chi connectivity index (χ4n) is 2.98. The van der Waals surface area contributed by atoms with E-state index in [1.54, 1.807) is 30.5 Å². The number of halogens is 2. The van der Waals surface area contributed by atoms with Crippen molar-refractivity contribution >= 4 is 34.1 Å². The molecule has 0 bridgehead atoms. The third kappa shape index (κ3) is 3.87. The number of alkyl halides is 1. The van der Waals surface area contributed by atoms with Gasteiger partial charge in [-0.15, -0.1) is 11.6 Å². The van der Waals surface area contributed by atoms with Crippen molar-refractivity contribution in [3.8, 4) is 11.1 Å². The van der Waals surface area contributed by atoms with Crippen LogP contribution >= 0.6 is 11.6 Å². The Hall–Kier alpha value is -3.24. The Labute approximate surface area is 166 Å². The molecule has 1 amide bonds. The third-order valence-electron chi connectivity index (χ3n) is 4.48. The first-order valence-corrected chi connectivity index (χ1v) is 9.28.